The summed E-state index contributed by atoms with van der Waals surface area (Å²) in [5.74, 6) is 0.465. The smallest absolute Gasteiger partial charge is 0.140 e. The lowest BCUT2D eigenvalue weighted by Crippen LogP contribution is -2.38. The first-order valence-corrected chi connectivity index (χ1v) is 4.33. The molecule has 0 aromatic rings. The van der Waals surface area contributed by atoms with Crippen LogP contribution in [0.15, 0.2) is 0 Å². The topological polar surface area (TPSA) is 26.3 Å². The summed E-state index contributed by atoms with van der Waals surface area (Å²) in [5.41, 5.74) is 0. The lowest BCUT2D eigenvalue weighted by Gasteiger charge is -2.31. The molecule has 3 atom stereocenters. The van der Waals surface area contributed by atoms with Crippen molar-refractivity contribution in [3.05, 3.63) is 0 Å². The molecule has 0 N–H and O–H groups in total. The number of carbonyl (C=O) groups is 1. The van der Waals surface area contributed by atoms with Gasteiger partial charge in [0.1, 0.15) is 5.78 Å². The molecule has 0 spiro atoms. The van der Waals surface area contributed by atoms with Gasteiger partial charge in [0.05, 0.1) is 12.2 Å². The van der Waals surface area contributed by atoms with Gasteiger partial charge in [-0.2, -0.15) is 0 Å². The molecule has 0 aromatic carbocycles. The summed E-state index contributed by atoms with van der Waals surface area (Å²) in [5, 5.41) is 0. The summed E-state index contributed by atoms with van der Waals surface area (Å²) in [4.78, 5) is 11.3. The summed E-state index contributed by atoms with van der Waals surface area (Å²) in [6.07, 6.45) is 1.82. The van der Waals surface area contributed by atoms with Gasteiger partial charge in [-0.15, -0.1) is 0 Å². The number of hydrogen-bond donors (Lipinski definition) is 0. The van der Waals surface area contributed by atoms with Crippen LogP contribution < -0.4 is 0 Å². The molecule has 1 heterocycles. The van der Waals surface area contributed by atoms with Crippen LogP contribution in [-0.4, -0.2) is 18.0 Å². The fourth-order valence-corrected chi connectivity index (χ4v) is 1.59. The molecule has 0 radical (unpaired) electrons. The molecule has 3 unspecified atom stereocenters. The molecule has 1 saturated heterocycles. The Kier molecular flexibility index (Phi) is 2.66. The first-order valence-electron chi connectivity index (χ1n) is 4.33. The SMILES string of the molecule is CCC1OC(C)CC(=O)C1C. The second kappa shape index (κ2) is 3.35. The first-order chi connectivity index (χ1) is 5.15. The largest absolute Gasteiger partial charge is 0.374 e. The van der Waals surface area contributed by atoms with Crippen LogP contribution in [0.5, 0.6) is 0 Å². The van der Waals surface area contributed by atoms with Gasteiger partial charge in [-0.05, 0) is 13.3 Å². The summed E-state index contributed by atoms with van der Waals surface area (Å²) < 4.78 is 5.60. The van der Waals surface area contributed by atoms with Crippen molar-refractivity contribution in [2.75, 3.05) is 0 Å². The van der Waals surface area contributed by atoms with E-state index in [1.54, 1.807) is 0 Å². The molecule has 11 heavy (non-hydrogen) atoms. The highest BCUT2D eigenvalue weighted by Crippen LogP contribution is 2.23. The third kappa shape index (κ3) is 1.80. The van der Waals surface area contributed by atoms with Crippen LogP contribution in [0.4, 0.5) is 0 Å². The zero-order chi connectivity index (χ0) is 8.43. The lowest BCUT2D eigenvalue weighted by atomic mass is 9.91. The van der Waals surface area contributed by atoms with E-state index in [0.717, 1.165) is 6.42 Å². The molecule has 0 bridgehead atoms. The van der Waals surface area contributed by atoms with E-state index in [1.165, 1.54) is 0 Å². The van der Waals surface area contributed by atoms with E-state index < -0.39 is 0 Å². The van der Waals surface area contributed by atoms with Crippen molar-refractivity contribution >= 4 is 5.78 Å². The van der Waals surface area contributed by atoms with Crippen molar-refractivity contribution in [2.24, 2.45) is 5.92 Å². The van der Waals surface area contributed by atoms with Crippen LogP contribution in [0.2, 0.25) is 0 Å². The molecular weight excluding hydrogens is 140 g/mol. The summed E-state index contributed by atoms with van der Waals surface area (Å²) >= 11 is 0. The Morgan fingerprint density at radius 3 is 2.73 bits per heavy atom. The maximum Gasteiger partial charge on any atom is 0.140 e. The molecule has 1 rings (SSSR count). The van der Waals surface area contributed by atoms with Crippen molar-refractivity contribution in [3.8, 4) is 0 Å². The van der Waals surface area contributed by atoms with E-state index in [-0.39, 0.29) is 18.1 Å². The van der Waals surface area contributed by atoms with Crippen molar-refractivity contribution in [3.63, 3.8) is 0 Å². The fourth-order valence-electron chi connectivity index (χ4n) is 1.59. The zero-order valence-corrected chi connectivity index (χ0v) is 7.46. The molecule has 2 heteroatoms. The monoisotopic (exact) mass is 156 g/mol. The highest BCUT2D eigenvalue weighted by molar-refractivity contribution is 5.82. The van der Waals surface area contributed by atoms with Crippen LogP contribution >= 0.6 is 0 Å². The minimum Gasteiger partial charge on any atom is -0.374 e. The van der Waals surface area contributed by atoms with Crippen LogP contribution in [0.25, 0.3) is 0 Å². The molecule has 0 aromatic heterocycles. The minimum absolute atomic E-state index is 0.108. The van der Waals surface area contributed by atoms with Crippen molar-refractivity contribution < 1.29 is 9.53 Å². The van der Waals surface area contributed by atoms with Crippen LogP contribution in [0.1, 0.15) is 33.6 Å². The molecule has 0 amide bonds. The second-order valence-electron chi connectivity index (χ2n) is 3.35. The maximum atomic E-state index is 11.3. The normalized spacial score (nSPS) is 39.2. The van der Waals surface area contributed by atoms with Gasteiger partial charge in [0.25, 0.3) is 0 Å². The van der Waals surface area contributed by atoms with E-state index in [9.17, 15) is 4.79 Å². The number of hydrogen-bond acceptors (Lipinski definition) is 2. The molecular formula is C9H16O2. The average molecular weight is 156 g/mol. The van der Waals surface area contributed by atoms with Gasteiger partial charge in [0, 0.05) is 12.3 Å². The van der Waals surface area contributed by atoms with Gasteiger partial charge in [0.2, 0.25) is 0 Å². The third-order valence-electron chi connectivity index (χ3n) is 2.36. The summed E-state index contributed by atoms with van der Waals surface area (Å²) in [7, 11) is 0. The Bertz CT molecular complexity index is 154. The predicted molar refractivity (Wildman–Crippen MR) is 43.4 cm³/mol. The molecule has 1 fully saturated rings. The van der Waals surface area contributed by atoms with E-state index in [0.29, 0.717) is 12.2 Å². The Hall–Kier alpha value is -0.370. The number of Topliss-reactive ketones (excluding diaryl/α,β-unsaturated/α-hetero) is 1. The summed E-state index contributed by atoms with van der Waals surface area (Å²) in [6, 6.07) is 0. The highest BCUT2D eigenvalue weighted by atomic mass is 16.5. The van der Waals surface area contributed by atoms with Gasteiger partial charge in [0.15, 0.2) is 0 Å². The van der Waals surface area contributed by atoms with Crippen molar-refractivity contribution in [1.29, 1.82) is 0 Å². The minimum atomic E-state index is 0.108. The maximum absolute atomic E-state index is 11.3. The number of ether oxygens (including phenoxy) is 1. The Labute approximate surface area is 67.9 Å². The Morgan fingerprint density at radius 2 is 2.18 bits per heavy atom. The quantitative estimate of drug-likeness (QED) is 0.578. The molecule has 0 saturated carbocycles. The number of rotatable bonds is 1. The van der Waals surface area contributed by atoms with E-state index in [4.69, 9.17) is 4.74 Å². The van der Waals surface area contributed by atoms with Crippen LogP contribution in [0.3, 0.4) is 0 Å². The number of ketones is 1. The van der Waals surface area contributed by atoms with E-state index >= 15 is 0 Å². The lowest BCUT2D eigenvalue weighted by molar-refractivity contribution is -0.143. The van der Waals surface area contributed by atoms with E-state index in [2.05, 4.69) is 6.92 Å². The van der Waals surface area contributed by atoms with Gasteiger partial charge in [-0.1, -0.05) is 13.8 Å². The fraction of sp³-hybridized carbons (Fsp3) is 0.889. The zero-order valence-electron chi connectivity index (χ0n) is 7.46. The van der Waals surface area contributed by atoms with Gasteiger partial charge >= 0.3 is 0 Å². The van der Waals surface area contributed by atoms with E-state index in [1.807, 2.05) is 13.8 Å². The molecule has 64 valence electrons. The highest BCUT2D eigenvalue weighted by Gasteiger charge is 2.30. The molecule has 2 nitrogen and oxygen atoms in total. The second-order valence-corrected chi connectivity index (χ2v) is 3.35. The molecule has 0 aliphatic carbocycles. The molecule has 1 aliphatic rings. The number of carbonyl (C=O) groups excluding carboxylic acids is 1. The van der Waals surface area contributed by atoms with Crippen LogP contribution in [-0.2, 0) is 9.53 Å². The van der Waals surface area contributed by atoms with Crippen molar-refractivity contribution in [1.82, 2.24) is 0 Å². The third-order valence-corrected chi connectivity index (χ3v) is 2.36. The van der Waals surface area contributed by atoms with Crippen molar-refractivity contribution in [2.45, 2.75) is 45.8 Å². The molecule has 1 aliphatic heterocycles. The van der Waals surface area contributed by atoms with Crippen LogP contribution in [0, 0.1) is 5.92 Å². The van der Waals surface area contributed by atoms with Gasteiger partial charge < -0.3 is 4.74 Å². The van der Waals surface area contributed by atoms with Gasteiger partial charge in [-0.25, -0.2) is 0 Å². The summed E-state index contributed by atoms with van der Waals surface area (Å²) in [6.45, 7) is 5.99. The predicted octanol–water partition coefficient (Wildman–Crippen LogP) is 1.78. The van der Waals surface area contributed by atoms with Gasteiger partial charge in [-0.3, -0.25) is 4.79 Å². The average Bonchev–Trinajstić information content (AvgIpc) is 1.96. The standard InChI is InChI=1S/C9H16O2/c1-4-9-7(3)8(10)5-6(2)11-9/h6-7,9H,4-5H2,1-3H3. The Morgan fingerprint density at radius 1 is 1.55 bits per heavy atom. The Balaban J connectivity index is 2.58. The first kappa shape index (κ1) is 8.72.